The number of anilines is 1. The zero-order chi connectivity index (χ0) is 16.0. The van der Waals surface area contributed by atoms with E-state index in [4.69, 9.17) is 5.84 Å². The van der Waals surface area contributed by atoms with E-state index in [0.717, 1.165) is 6.07 Å². The smallest absolute Gasteiger partial charge is 0.313 e. The molecule has 0 radical (unpaired) electrons. The van der Waals surface area contributed by atoms with Crippen LogP contribution in [0.2, 0.25) is 0 Å². The molecule has 0 aliphatic heterocycles. The lowest BCUT2D eigenvalue weighted by molar-refractivity contribution is -0.386. The van der Waals surface area contributed by atoms with Crippen molar-refractivity contribution in [2.75, 3.05) is 18.5 Å². The molecule has 0 heterocycles. The Morgan fingerprint density at radius 1 is 1.43 bits per heavy atom. The molecule has 0 bridgehead atoms. The minimum atomic E-state index is -4.23. The fraction of sp³-hybridized carbons (Fsp3) is 0.300. The molecule has 0 atom stereocenters. The lowest BCUT2D eigenvalue weighted by Gasteiger charge is -2.09. The monoisotopic (exact) mass is 317 g/mol. The van der Waals surface area contributed by atoms with Crippen LogP contribution in [0.5, 0.6) is 0 Å². The van der Waals surface area contributed by atoms with E-state index in [1.807, 2.05) is 4.72 Å². The van der Waals surface area contributed by atoms with Crippen LogP contribution >= 0.6 is 0 Å². The molecule has 116 valence electrons. The Morgan fingerprint density at radius 3 is 2.62 bits per heavy atom. The molecule has 0 spiro atoms. The number of nitrogens with two attached hydrogens (primary N) is 1. The first-order valence-corrected chi connectivity index (χ1v) is 7.32. The summed E-state index contributed by atoms with van der Waals surface area (Å²) < 4.78 is 26.1. The first kappa shape index (κ1) is 16.8. The van der Waals surface area contributed by atoms with Crippen LogP contribution in [0.4, 0.5) is 11.4 Å². The van der Waals surface area contributed by atoms with Crippen molar-refractivity contribution in [2.24, 2.45) is 5.84 Å². The lowest BCUT2D eigenvalue weighted by atomic mass is 10.3. The molecule has 11 heteroatoms. The molecule has 0 saturated heterocycles. The normalized spacial score (nSPS) is 11.0. The van der Waals surface area contributed by atoms with Crippen LogP contribution < -0.4 is 21.3 Å². The molecule has 10 nitrogen and oxygen atoms in total. The zero-order valence-electron chi connectivity index (χ0n) is 11.1. The fourth-order valence-corrected chi connectivity index (χ4v) is 2.72. The molecule has 21 heavy (non-hydrogen) atoms. The van der Waals surface area contributed by atoms with Gasteiger partial charge in [-0.25, -0.2) is 13.1 Å². The molecule has 0 aliphatic rings. The van der Waals surface area contributed by atoms with Crippen LogP contribution in [0.1, 0.15) is 6.92 Å². The molecule has 1 rings (SSSR count). The van der Waals surface area contributed by atoms with Crippen molar-refractivity contribution in [3.8, 4) is 0 Å². The van der Waals surface area contributed by atoms with Gasteiger partial charge in [-0.1, -0.05) is 6.07 Å². The highest BCUT2D eigenvalue weighted by atomic mass is 32.2. The van der Waals surface area contributed by atoms with Crippen molar-refractivity contribution in [1.29, 1.82) is 0 Å². The summed E-state index contributed by atoms with van der Waals surface area (Å²) in [6, 6.07) is 3.61. The maximum Gasteiger partial charge on any atom is 0.313 e. The molecule has 0 aromatic heterocycles. The summed E-state index contributed by atoms with van der Waals surface area (Å²) in [6.07, 6.45) is 0. The Balaban J connectivity index is 3.14. The Morgan fingerprint density at radius 2 is 2.10 bits per heavy atom. The number of hydrogen-bond donors (Lipinski definition) is 4. The van der Waals surface area contributed by atoms with E-state index in [1.165, 1.54) is 12.1 Å². The average molecular weight is 317 g/mol. The fourth-order valence-electron chi connectivity index (χ4n) is 1.54. The van der Waals surface area contributed by atoms with Crippen molar-refractivity contribution >= 4 is 27.3 Å². The summed E-state index contributed by atoms with van der Waals surface area (Å²) in [4.78, 5) is 20.8. The number of nitrogens with zero attached hydrogens (tertiary/aromatic N) is 1. The van der Waals surface area contributed by atoms with Crippen LogP contribution in [-0.4, -0.2) is 32.3 Å². The molecule has 1 aromatic carbocycles. The number of hydrogen-bond acceptors (Lipinski definition) is 7. The van der Waals surface area contributed by atoms with Crippen LogP contribution in [0.15, 0.2) is 23.1 Å². The SMILES string of the molecule is CCNC(=O)CNS(=O)(=O)c1cccc(NN)c1[N+](=O)[O-]. The average Bonchev–Trinajstić information content (AvgIpc) is 2.44. The molecule has 1 aromatic rings. The number of nitro groups is 1. The minimum Gasteiger partial charge on any atom is -0.355 e. The molecule has 0 aliphatic carbocycles. The van der Waals surface area contributed by atoms with Gasteiger partial charge in [0.2, 0.25) is 15.9 Å². The van der Waals surface area contributed by atoms with Crippen molar-refractivity contribution in [3.63, 3.8) is 0 Å². The molecule has 1 amide bonds. The number of para-hydroxylation sites is 1. The highest BCUT2D eigenvalue weighted by molar-refractivity contribution is 7.89. The number of hydrazine groups is 1. The second-order valence-electron chi connectivity index (χ2n) is 3.83. The van der Waals surface area contributed by atoms with Gasteiger partial charge in [-0.05, 0) is 19.1 Å². The first-order chi connectivity index (χ1) is 9.83. The Kier molecular flexibility index (Phi) is 5.58. The Labute approximate surface area is 120 Å². The predicted molar refractivity (Wildman–Crippen MR) is 74.8 cm³/mol. The predicted octanol–water partition coefficient (Wildman–Crippen LogP) is -0.705. The number of carbonyl (C=O) groups is 1. The summed E-state index contributed by atoms with van der Waals surface area (Å²) in [5, 5.41) is 13.4. The van der Waals surface area contributed by atoms with Crippen molar-refractivity contribution in [2.45, 2.75) is 11.8 Å². The standard InChI is InChI=1S/C10H15N5O5S/c1-2-12-9(16)6-13-21(19,20)8-5-3-4-7(14-11)10(8)15(17)18/h3-5,13-14H,2,6,11H2,1H3,(H,12,16). The molecule has 5 N–H and O–H groups in total. The molecular weight excluding hydrogens is 302 g/mol. The highest BCUT2D eigenvalue weighted by Gasteiger charge is 2.29. The van der Waals surface area contributed by atoms with E-state index in [1.54, 1.807) is 6.92 Å². The van der Waals surface area contributed by atoms with Gasteiger partial charge in [0, 0.05) is 6.54 Å². The highest BCUT2D eigenvalue weighted by Crippen LogP contribution is 2.30. The van der Waals surface area contributed by atoms with Gasteiger partial charge in [-0.2, -0.15) is 0 Å². The Hall–Kier alpha value is -2.24. The minimum absolute atomic E-state index is 0.152. The number of rotatable bonds is 7. The van der Waals surface area contributed by atoms with Crippen LogP contribution in [0, 0.1) is 10.1 Å². The van der Waals surface area contributed by atoms with E-state index in [2.05, 4.69) is 10.7 Å². The molecule has 0 unspecified atom stereocenters. The Bertz CT molecular complexity index is 645. The maximum atomic E-state index is 12.1. The zero-order valence-corrected chi connectivity index (χ0v) is 11.9. The van der Waals surface area contributed by atoms with Crippen LogP contribution in [-0.2, 0) is 14.8 Å². The second kappa shape index (κ2) is 6.97. The third-order valence-electron chi connectivity index (χ3n) is 2.42. The number of benzene rings is 1. The van der Waals surface area contributed by atoms with Crippen molar-refractivity contribution in [1.82, 2.24) is 10.0 Å². The number of carbonyl (C=O) groups excluding carboxylic acids is 1. The van der Waals surface area contributed by atoms with E-state index in [-0.39, 0.29) is 5.69 Å². The molecule has 0 saturated carbocycles. The summed E-state index contributed by atoms with van der Waals surface area (Å²) in [7, 11) is -4.23. The van der Waals surface area contributed by atoms with Gasteiger partial charge in [0.15, 0.2) is 4.90 Å². The second-order valence-corrected chi connectivity index (χ2v) is 5.57. The largest absolute Gasteiger partial charge is 0.355 e. The third kappa shape index (κ3) is 4.11. The number of amides is 1. The summed E-state index contributed by atoms with van der Waals surface area (Å²) in [6.45, 7) is 1.49. The molecular formula is C10H15N5O5S. The van der Waals surface area contributed by atoms with Crippen molar-refractivity contribution in [3.05, 3.63) is 28.3 Å². The molecule has 0 fully saturated rings. The van der Waals surface area contributed by atoms with Gasteiger partial charge in [-0.3, -0.25) is 20.8 Å². The third-order valence-corrected chi connectivity index (χ3v) is 3.86. The van der Waals surface area contributed by atoms with E-state index in [9.17, 15) is 23.3 Å². The quantitative estimate of drug-likeness (QED) is 0.294. The van der Waals surface area contributed by atoms with Gasteiger partial charge in [-0.15, -0.1) is 0 Å². The van der Waals surface area contributed by atoms with E-state index < -0.39 is 38.0 Å². The number of nitrogen functional groups attached to an aromatic ring is 1. The number of nitrogens with one attached hydrogen (secondary N) is 3. The lowest BCUT2D eigenvalue weighted by Crippen LogP contribution is -2.37. The van der Waals surface area contributed by atoms with Crippen LogP contribution in [0.25, 0.3) is 0 Å². The topological polar surface area (TPSA) is 156 Å². The summed E-state index contributed by atoms with van der Waals surface area (Å²) in [5.41, 5.74) is 1.22. The number of nitro benzene ring substituents is 1. The summed E-state index contributed by atoms with van der Waals surface area (Å²) >= 11 is 0. The maximum absolute atomic E-state index is 12.1. The van der Waals surface area contributed by atoms with Crippen molar-refractivity contribution < 1.29 is 18.1 Å². The van der Waals surface area contributed by atoms with Gasteiger partial charge >= 0.3 is 5.69 Å². The van der Waals surface area contributed by atoms with Crippen LogP contribution in [0.3, 0.4) is 0 Å². The summed E-state index contributed by atoms with van der Waals surface area (Å²) in [5.74, 6) is 4.58. The van der Waals surface area contributed by atoms with E-state index in [0.29, 0.717) is 6.54 Å². The first-order valence-electron chi connectivity index (χ1n) is 5.83. The van der Waals surface area contributed by atoms with Gasteiger partial charge in [0.1, 0.15) is 5.69 Å². The van der Waals surface area contributed by atoms with Gasteiger partial charge in [0.25, 0.3) is 0 Å². The number of sulfonamides is 1. The van der Waals surface area contributed by atoms with Gasteiger partial charge < -0.3 is 10.7 Å². The number of likely N-dealkylation sites (N-methyl/N-ethyl adjacent to an activating group) is 1. The van der Waals surface area contributed by atoms with E-state index >= 15 is 0 Å². The van der Waals surface area contributed by atoms with Gasteiger partial charge in [0.05, 0.1) is 11.5 Å².